The highest BCUT2D eigenvalue weighted by molar-refractivity contribution is 7.88. The summed E-state index contributed by atoms with van der Waals surface area (Å²) in [7, 11) is -31.2. The van der Waals surface area contributed by atoms with E-state index >= 15 is 0 Å². The summed E-state index contributed by atoms with van der Waals surface area (Å²) in [6, 6.07) is 15.7. The molecule has 0 saturated heterocycles. The molecule has 1 heterocycles. The third-order valence-electron chi connectivity index (χ3n) is 9.04. The van der Waals surface area contributed by atoms with Gasteiger partial charge in [0.15, 0.2) is 0 Å². The van der Waals surface area contributed by atoms with Gasteiger partial charge in [0.05, 0.1) is 32.5 Å². The van der Waals surface area contributed by atoms with Crippen LogP contribution in [0.5, 0.6) is 6.01 Å². The van der Waals surface area contributed by atoms with E-state index < -0.39 is 118 Å². The lowest BCUT2D eigenvalue weighted by Gasteiger charge is -2.11. The van der Waals surface area contributed by atoms with Gasteiger partial charge in [-0.3, -0.25) is 27.3 Å². The predicted molar refractivity (Wildman–Crippen MR) is 236 cm³/mol. The van der Waals surface area contributed by atoms with Crippen LogP contribution in [0.15, 0.2) is 147 Å². The second-order valence-corrected chi connectivity index (χ2v) is 22.2. The molecule has 1 aromatic heterocycles. The summed E-state index contributed by atoms with van der Waals surface area (Å²) in [5.41, 5.74) is 0.0530. The summed E-state index contributed by atoms with van der Waals surface area (Å²) < 4.78 is 203. The number of azo groups is 2. The average Bonchev–Trinajstić information content (AvgIpc) is 3.22. The van der Waals surface area contributed by atoms with Gasteiger partial charge < -0.3 is 15.7 Å². The van der Waals surface area contributed by atoms with E-state index in [-0.39, 0.29) is 34.6 Å². The highest BCUT2D eigenvalue weighted by Crippen LogP contribution is 2.38. The smallest absolute Gasteiger partial charge is 0.320 e. The molecule has 9 N–H and O–H groups in total. The van der Waals surface area contributed by atoms with Gasteiger partial charge in [-0.1, -0.05) is 0 Å². The molecule has 7 rings (SSSR count). The summed E-state index contributed by atoms with van der Waals surface area (Å²) in [6.07, 6.45) is 0. The standard InChI is InChI=1S/C35H25N9O19S6/c45-35-39-33(36-17-1-5-19(6-2-17)41-43-21-9-25-27(29(11-21)66(52,53)54)13-23(64(46,47)48)15-31(25)68(58,59)60)38-34(40-35)37-18-3-7-20(8-4-18)42-44-22-10-26-28(30(12-22)67(55,56)57)14-24(65(49,50)51)16-32(26)69(61,62)63/h1-16H,(H,46,47,48)(H,49,50,51)(H,52,53,54)(H,55,56,57)(H,58,59,60)(H,61,62,63)(H3,36,37,38,39,40,45). The molecule has 0 unspecified atom stereocenters. The van der Waals surface area contributed by atoms with Crippen molar-refractivity contribution in [1.29, 1.82) is 0 Å². The Morgan fingerprint density at radius 3 is 0.942 bits per heavy atom. The maximum atomic E-state index is 12.3. The highest BCUT2D eigenvalue weighted by atomic mass is 32.2. The molecule has 360 valence electrons. The van der Waals surface area contributed by atoms with Gasteiger partial charge in [0.2, 0.25) is 11.9 Å². The van der Waals surface area contributed by atoms with E-state index in [9.17, 15) is 82.9 Å². The summed E-state index contributed by atoms with van der Waals surface area (Å²) in [4.78, 5) is 5.22. The van der Waals surface area contributed by atoms with Crippen molar-refractivity contribution in [2.45, 2.75) is 29.4 Å². The van der Waals surface area contributed by atoms with Crippen molar-refractivity contribution < 1.29 is 82.9 Å². The Labute approximate surface area is 387 Å². The number of fused-ring (bicyclic) bond motifs is 2. The molecule has 0 fully saturated rings. The SMILES string of the molecule is O=S(=O)(O)c1cc(S(=O)(=O)O)c2cc(N=Nc3ccc(Nc4nc(O)nc(Nc5ccc(N=Nc6cc(S(=O)(=O)O)c7cc(S(=O)(=O)O)cc(S(=O)(=O)O)c7c6)cc5)n4)cc3)cc(S(=O)(=O)O)c2c1. The monoisotopic (exact) mass is 1070 g/mol. The van der Waals surface area contributed by atoms with Gasteiger partial charge in [0.25, 0.3) is 60.7 Å². The molecule has 0 radical (unpaired) electrons. The Morgan fingerprint density at radius 1 is 0.348 bits per heavy atom. The van der Waals surface area contributed by atoms with Gasteiger partial charge in [-0.05, 0) is 97.1 Å². The lowest BCUT2D eigenvalue weighted by Crippen LogP contribution is -2.07. The number of benzene rings is 6. The molecule has 0 atom stereocenters. The van der Waals surface area contributed by atoms with E-state index in [1.165, 1.54) is 48.5 Å². The molecule has 34 heteroatoms. The van der Waals surface area contributed by atoms with E-state index in [1.54, 1.807) is 0 Å². The summed E-state index contributed by atoms with van der Waals surface area (Å²) in [5, 5.41) is 28.8. The van der Waals surface area contributed by atoms with E-state index in [0.717, 1.165) is 24.3 Å². The lowest BCUT2D eigenvalue weighted by atomic mass is 10.1. The van der Waals surface area contributed by atoms with Gasteiger partial charge in [-0.2, -0.15) is 85.9 Å². The average molecular weight is 1070 g/mol. The molecule has 0 aliphatic rings. The van der Waals surface area contributed by atoms with Crippen LogP contribution in [-0.4, -0.2) is 97.9 Å². The van der Waals surface area contributed by atoms with Crippen molar-refractivity contribution in [1.82, 2.24) is 15.0 Å². The van der Waals surface area contributed by atoms with Crippen molar-refractivity contribution in [3.8, 4) is 6.01 Å². The van der Waals surface area contributed by atoms with Crippen LogP contribution in [0.25, 0.3) is 21.5 Å². The Hall–Kier alpha value is -7.09. The summed E-state index contributed by atoms with van der Waals surface area (Å²) >= 11 is 0. The zero-order valence-electron chi connectivity index (χ0n) is 33.3. The van der Waals surface area contributed by atoms with Crippen molar-refractivity contribution in [2.75, 3.05) is 10.6 Å². The number of rotatable bonds is 14. The first-order valence-electron chi connectivity index (χ1n) is 17.9. The normalized spacial score (nSPS) is 13.1. The Kier molecular flexibility index (Phi) is 12.8. The largest absolute Gasteiger partial charge is 0.479 e. The van der Waals surface area contributed by atoms with E-state index in [1.807, 2.05) is 0 Å². The second-order valence-electron chi connectivity index (χ2n) is 13.8. The quantitative estimate of drug-likeness (QED) is 0.0467. The van der Waals surface area contributed by atoms with Gasteiger partial charge in [0, 0.05) is 32.9 Å². The Bertz CT molecular complexity index is 3810. The summed E-state index contributed by atoms with van der Waals surface area (Å²) in [6.45, 7) is 0. The number of nitrogens with zero attached hydrogens (tertiary/aromatic N) is 7. The van der Waals surface area contributed by atoms with Crippen LogP contribution in [0.4, 0.5) is 46.0 Å². The number of hydrogen-bond acceptors (Lipinski definition) is 22. The molecule has 0 aliphatic heterocycles. The van der Waals surface area contributed by atoms with Crippen LogP contribution in [0.1, 0.15) is 0 Å². The van der Waals surface area contributed by atoms with Crippen molar-refractivity contribution in [3.05, 3.63) is 97.1 Å². The molecule has 28 nitrogen and oxygen atoms in total. The molecular formula is C35H25N9O19S6. The zero-order valence-corrected chi connectivity index (χ0v) is 38.2. The highest BCUT2D eigenvalue weighted by Gasteiger charge is 2.27. The number of nitrogens with one attached hydrogen (secondary N) is 2. The van der Waals surface area contributed by atoms with Gasteiger partial charge in [-0.25, -0.2) is 0 Å². The topological polar surface area (TPSA) is 459 Å². The minimum atomic E-state index is -5.26. The first kappa shape index (κ1) is 49.8. The van der Waals surface area contributed by atoms with E-state index in [2.05, 4.69) is 46.0 Å². The molecular weight excluding hydrogens is 1040 g/mol. The fourth-order valence-electron chi connectivity index (χ4n) is 6.17. The van der Waals surface area contributed by atoms with E-state index in [4.69, 9.17) is 0 Å². The maximum Gasteiger partial charge on any atom is 0.320 e. The van der Waals surface area contributed by atoms with Crippen LogP contribution in [0.2, 0.25) is 0 Å². The molecule has 0 saturated carbocycles. The Morgan fingerprint density at radius 2 is 0.638 bits per heavy atom. The molecule has 0 amide bonds. The molecule has 0 aliphatic carbocycles. The van der Waals surface area contributed by atoms with Gasteiger partial charge in [-0.15, -0.1) is 0 Å². The molecule has 69 heavy (non-hydrogen) atoms. The number of aromatic nitrogens is 3. The third-order valence-corrected chi connectivity index (χ3v) is 14.3. The molecule has 6 aromatic carbocycles. The second kappa shape index (κ2) is 17.8. The minimum absolute atomic E-state index is 0.109. The van der Waals surface area contributed by atoms with Crippen LogP contribution < -0.4 is 10.6 Å². The first-order valence-corrected chi connectivity index (χ1v) is 26.6. The van der Waals surface area contributed by atoms with Gasteiger partial charge in [0.1, 0.15) is 19.6 Å². The predicted octanol–water partition coefficient (Wildman–Crippen LogP) is 5.68. The fraction of sp³-hybridized carbons (Fsp3) is 0. The van der Waals surface area contributed by atoms with Gasteiger partial charge >= 0.3 is 6.01 Å². The zero-order chi connectivity index (χ0) is 50.6. The number of anilines is 4. The van der Waals surface area contributed by atoms with Crippen LogP contribution in [0, 0.1) is 0 Å². The van der Waals surface area contributed by atoms with Crippen LogP contribution >= 0.6 is 0 Å². The minimum Gasteiger partial charge on any atom is -0.479 e. The fourth-order valence-corrected chi connectivity index (χ4v) is 10.3. The maximum absolute atomic E-state index is 12.3. The van der Waals surface area contributed by atoms with Crippen molar-refractivity contribution in [3.63, 3.8) is 0 Å². The van der Waals surface area contributed by atoms with Crippen LogP contribution in [0.3, 0.4) is 0 Å². The van der Waals surface area contributed by atoms with Crippen molar-refractivity contribution >= 4 is 128 Å². The Balaban J connectivity index is 1.08. The third kappa shape index (κ3) is 11.6. The number of aromatic hydroxyl groups is 1. The molecule has 0 spiro atoms. The first-order chi connectivity index (χ1) is 31.8. The van der Waals surface area contributed by atoms with Crippen LogP contribution in [-0.2, 0) is 60.7 Å². The van der Waals surface area contributed by atoms with E-state index in [0.29, 0.717) is 35.6 Å². The number of hydrogen-bond donors (Lipinski definition) is 9. The lowest BCUT2D eigenvalue weighted by molar-refractivity contribution is 0.430. The van der Waals surface area contributed by atoms with Crippen molar-refractivity contribution in [2.24, 2.45) is 20.5 Å². The molecule has 0 bridgehead atoms. The summed E-state index contributed by atoms with van der Waals surface area (Å²) in [5.74, 6) is -0.368. The molecule has 7 aromatic rings.